The third-order valence-electron chi connectivity index (χ3n) is 4.32. The molecule has 0 aliphatic rings. The van der Waals surface area contributed by atoms with Crippen molar-refractivity contribution in [2.24, 2.45) is 10.1 Å². The van der Waals surface area contributed by atoms with Crippen LogP contribution in [0.3, 0.4) is 0 Å². The van der Waals surface area contributed by atoms with Gasteiger partial charge in [-0.3, -0.25) is 4.79 Å². The van der Waals surface area contributed by atoms with E-state index < -0.39 is 15.9 Å². The highest BCUT2D eigenvalue weighted by Gasteiger charge is 2.15. The van der Waals surface area contributed by atoms with Crippen molar-refractivity contribution >= 4 is 59.0 Å². The normalized spacial score (nSPS) is 12.8. The molecule has 0 bridgehead atoms. The molecule has 8 nitrogen and oxygen atoms in total. The summed E-state index contributed by atoms with van der Waals surface area (Å²) >= 11 is 2.50. The average Bonchev–Trinajstić information content (AvgIpc) is 3.28. The lowest BCUT2D eigenvalue weighted by Crippen LogP contribution is -2.19. The molecule has 2 heterocycles. The molecule has 2 aromatic carbocycles. The molecule has 30 heavy (non-hydrogen) atoms. The Bertz CT molecular complexity index is 1380. The van der Waals surface area contributed by atoms with E-state index in [0.29, 0.717) is 34.3 Å². The molecule has 0 aliphatic heterocycles. The van der Waals surface area contributed by atoms with E-state index in [1.807, 2.05) is 35.8 Å². The van der Waals surface area contributed by atoms with Gasteiger partial charge < -0.3 is 9.30 Å². The third-order valence-corrected chi connectivity index (χ3v) is 7.30. The summed E-state index contributed by atoms with van der Waals surface area (Å²) in [5.74, 6) is -0.445. The van der Waals surface area contributed by atoms with Crippen molar-refractivity contribution in [2.45, 2.75) is 18.4 Å². The molecule has 1 amide bonds. The Hall–Kier alpha value is -2.44. The lowest BCUT2D eigenvalue weighted by molar-refractivity contribution is 0.0996. The zero-order valence-electron chi connectivity index (χ0n) is 15.9. The minimum absolute atomic E-state index is 0.0113. The molecule has 2 aromatic heterocycles. The Kier molecular flexibility index (Phi) is 5.80. The fraction of sp³-hybridized carbons (Fsp3) is 0.211. The number of nitrogens with zero attached hydrogens (tertiary/aromatic N) is 3. The van der Waals surface area contributed by atoms with Gasteiger partial charge in [-0.05, 0) is 37.3 Å². The van der Waals surface area contributed by atoms with Crippen molar-refractivity contribution < 1.29 is 17.9 Å². The first kappa shape index (κ1) is 20.8. The first-order chi connectivity index (χ1) is 14.4. The Balaban J connectivity index is 1.82. The Morgan fingerprint density at radius 2 is 2.00 bits per heavy atom. The SMILES string of the molecule is CCOCCn1c(=NC(=O)c2nc3ccccc3s2)sc2cc(S(N)(=O)=O)ccc21. The molecule has 0 fully saturated rings. The van der Waals surface area contributed by atoms with E-state index in [4.69, 9.17) is 9.88 Å². The third kappa shape index (κ3) is 4.20. The van der Waals surface area contributed by atoms with Gasteiger partial charge in [0.2, 0.25) is 10.0 Å². The molecule has 0 radical (unpaired) electrons. The molecule has 4 rings (SSSR count). The average molecular weight is 463 g/mol. The summed E-state index contributed by atoms with van der Waals surface area (Å²) in [5.41, 5.74) is 1.50. The molecular formula is C19H18N4O4S3. The molecule has 4 aromatic rings. The number of hydrogen-bond donors (Lipinski definition) is 1. The number of thiazole rings is 2. The molecular weight excluding hydrogens is 444 g/mol. The maximum Gasteiger partial charge on any atom is 0.308 e. The van der Waals surface area contributed by atoms with Crippen molar-refractivity contribution in [1.29, 1.82) is 0 Å². The number of carbonyl (C=O) groups excluding carboxylic acids is 1. The molecule has 156 valence electrons. The van der Waals surface area contributed by atoms with Crippen molar-refractivity contribution in [1.82, 2.24) is 9.55 Å². The molecule has 2 N–H and O–H groups in total. The van der Waals surface area contributed by atoms with Gasteiger partial charge in [-0.15, -0.1) is 11.3 Å². The second-order valence-electron chi connectivity index (χ2n) is 6.31. The number of nitrogens with two attached hydrogens (primary N) is 1. The van der Waals surface area contributed by atoms with Crippen molar-refractivity contribution in [3.8, 4) is 0 Å². The van der Waals surface area contributed by atoms with E-state index in [1.165, 1.54) is 34.8 Å². The van der Waals surface area contributed by atoms with Crippen molar-refractivity contribution in [3.63, 3.8) is 0 Å². The zero-order chi connectivity index (χ0) is 21.3. The Morgan fingerprint density at radius 3 is 2.73 bits per heavy atom. The van der Waals surface area contributed by atoms with Crippen LogP contribution >= 0.6 is 22.7 Å². The standard InChI is InChI=1S/C19H18N4O4S3/c1-2-27-10-9-23-14-8-7-12(30(20,25)26)11-16(14)29-19(23)22-17(24)18-21-13-5-3-4-6-15(13)28-18/h3-8,11H,2,9-10H2,1H3,(H2,20,25,26). The Labute approximate surface area is 180 Å². The van der Waals surface area contributed by atoms with Crippen LogP contribution in [0.4, 0.5) is 0 Å². The number of hydrogen-bond acceptors (Lipinski definition) is 7. The van der Waals surface area contributed by atoms with Crippen LogP contribution in [0.15, 0.2) is 52.4 Å². The van der Waals surface area contributed by atoms with Crippen LogP contribution in [-0.2, 0) is 21.3 Å². The Morgan fingerprint density at radius 1 is 1.20 bits per heavy atom. The van der Waals surface area contributed by atoms with Crippen molar-refractivity contribution in [3.05, 3.63) is 52.3 Å². The van der Waals surface area contributed by atoms with Crippen LogP contribution in [0.2, 0.25) is 0 Å². The summed E-state index contributed by atoms with van der Waals surface area (Å²) < 4.78 is 32.3. The van der Waals surface area contributed by atoms with Gasteiger partial charge in [-0.2, -0.15) is 4.99 Å². The van der Waals surface area contributed by atoms with Gasteiger partial charge in [0.15, 0.2) is 9.81 Å². The van der Waals surface area contributed by atoms with Gasteiger partial charge in [0.05, 0.1) is 31.9 Å². The molecule has 0 atom stereocenters. The number of ether oxygens (including phenoxy) is 1. The fourth-order valence-corrected chi connectivity index (χ4v) is 5.49. The summed E-state index contributed by atoms with van der Waals surface area (Å²) in [5, 5.41) is 5.55. The molecule has 11 heteroatoms. The maximum atomic E-state index is 12.8. The lowest BCUT2D eigenvalue weighted by Gasteiger charge is -2.05. The van der Waals surface area contributed by atoms with Crippen LogP contribution in [0.25, 0.3) is 20.4 Å². The molecule has 0 unspecified atom stereocenters. The summed E-state index contributed by atoms with van der Waals surface area (Å²) in [4.78, 5) is 21.9. The number of amides is 1. The van der Waals surface area contributed by atoms with Crippen LogP contribution in [0.5, 0.6) is 0 Å². The molecule has 0 saturated heterocycles. The number of sulfonamides is 1. The topological polar surface area (TPSA) is 117 Å². The highest BCUT2D eigenvalue weighted by atomic mass is 32.2. The molecule has 0 spiro atoms. The van der Waals surface area contributed by atoms with E-state index in [0.717, 1.165) is 15.7 Å². The number of para-hydroxylation sites is 1. The predicted molar refractivity (Wildman–Crippen MR) is 117 cm³/mol. The summed E-state index contributed by atoms with van der Waals surface area (Å²) in [6.45, 7) is 3.36. The monoisotopic (exact) mass is 462 g/mol. The van der Waals surface area contributed by atoms with Crippen LogP contribution in [0.1, 0.15) is 16.7 Å². The van der Waals surface area contributed by atoms with Gasteiger partial charge in [0.25, 0.3) is 0 Å². The number of rotatable bonds is 6. The largest absolute Gasteiger partial charge is 0.380 e. The second-order valence-corrected chi connectivity index (χ2v) is 9.91. The number of aromatic nitrogens is 2. The van der Waals surface area contributed by atoms with E-state index in [1.54, 1.807) is 6.07 Å². The van der Waals surface area contributed by atoms with E-state index >= 15 is 0 Å². The minimum Gasteiger partial charge on any atom is -0.380 e. The predicted octanol–water partition coefficient (Wildman–Crippen LogP) is 2.74. The smallest absolute Gasteiger partial charge is 0.308 e. The summed E-state index contributed by atoms with van der Waals surface area (Å²) in [6.07, 6.45) is 0. The van der Waals surface area contributed by atoms with Crippen molar-refractivity contribution in [2.75, 3.05) is 13.2 Å². The summed E-state index contributed by atoms with van der Waals surface area (Å²) in [6, 6.07) is 12.1. The molecule has 0 saturated carbocycles. The summed E-state index contributed by atoms with van der Waals surface area (Å²) in [7, 11) is -3.83. The number of carbonyl (C=O) groups is 1. The number of fused-ring (bicyclic) bond motifs is 2. The quantitative estimate of drug-likeness (QED) is 0.442. The van der Waals surface area contributed by atoms with Crippen LogP contribution < -0.4 is 9.94 Å². The number of benzene rings is 2. The van der Waals surface area contributed by atoms with Gasteiger partial charge in [0, 0.05) is 13.2 Å². The van der Waals surface area contributed by atoms with Crippen LogP contribution in [-0.4, -0.2) is 37.1 Å². The van der Waals surface area contributed by atoms with E-state index in [-0.39, 0.29) is 4.90 Å². The van der Waals surface area contributed by atoms with E-state index in [9.17, 15) is 13.2 Å². The minimum atomic E-state index is -3.83. The zero-order valence-corrected chi connectivity index (χ0v) is 18.4. The second kappa shape index (κ2) is 8.36. The maximum absolute atomic E-state index is 12.8. The highest BCUT2D eigenvalue weighted by Crippen LogP contribution is 2.23. The van der Waals surface area contributed by atoms with E-state index in [2.05, 4.69) is 9.98 Å². The molecule has 0 aliphatic carbocycles. The van der Waals surface area contributed by atoms with Gasteiger partial charge >= 0.3 is 5.91 Å². The fourth-order valence-electron chi connectivity index (χ4n) is 2.93. The lowest BCUT2D eigenvalue weighted by atomic mass is 10.3. The van der Waals surface area contributed by atoms with Gasteiger partial charge in [0.1, 0.15) is 0 Å². The first-order valence-electron chi connectivity index (χ1n) is 9.05. The van der Waals surface area contributed by atoms with Gasteiger partial charge in [-0.25, -0.2) is 18.5 Å². The highest BCUT2D eigenvalue weighted by molar-refractivity contribution is 7.89. The number of primary sulfonamides is 1. The first-order valence-corrected chi connectivity index (χ1v) is 12.2. The van der Waals surface area contributed by atoms with Crippen LogP contribution in [0, 0.1) is 0 Å². The van der Waals surface area contributed by atoms with Gasteiger partial charge in [-0.1, -0.05) is 23.5 Å².